The minimum atomic E-state index is -1.23. The van der Waals surface area contributed by atoms with E-state index in [1.807, 2.05) is 36.5 Å². The van der Waals surface area contributed by atoms with Gasteiger partial charge in [-0.3, -0.25) is 9.59 Å². The molecule has 41 heavy (non-hydrogen) atoms. The summed E-state index contributed by atoms with van der Waals surface area (Å²) in [6.45, 7) is 3.16. The molecular formula is C32H43FN4O4. The summed E-state index contributed by atoms with van der Waals surface area (Å²) in [5.74, 6) is 0.279. The average molecular weight is 567 g/mol. The highest BCUT2D eigenvalue weighted by atomic mass is 19.1. The lowest BCUT2D eigenvalue weighted by atomic mass is 9.65. The maximum Gasteiger partial charge on any atom is 0.259 e. The summed E-state index contributed by atoms with van der Waals surface area (Å²) in [7, 11) is 0. The van der Waals surface area contributed by atoms with E-state index < -0.39 is 24.2 Å². The van der Waals surface area contributed by atoms with Crippen molar-refractivity contribution in [2.45, 2.75) is 81.5 Å². The number of ether oxygens (including phenoxy) is 2. The molecule has 0 bridgehead atoms. The zero-order valence-corrected chi connectivity index (χ0v) is 23.8. The molecule has 7 rings (SSSR count). The molecule has 8 nitrogen and oxygen atoms in total. The van der Waals surface area contributed by atoms with Gasteiger partial charge in [-0.25, -0.2) is 4.39 Å². The average Bonchev–Trinajstić information content (AvgIpc) is 3.01. The van der Waals surface area contributed by atoms with E-state index in [0.717, 1.165) is 18.5 Å². The lowest BCUT2D eigenvalue weighted by molar-refractivity contribution is -0.208. The number of Topliss-reactive ketones (excluding diaryl/α,β-unsaturated/α-hetero) is 1. The lowest BCUT2D eigenvalue weighted by Crippen LogP contribution is -2.73. The summed E-state index contributed by atoms with van der Waals surface area (Å²) in [5.41, 5.74) is 1.26. The van der Waals surface area contributed by atoms with Crippen molar-refractivity contribution in [3.63, 3.8) is 0 Å². The number of rotatable bonds is 6. The van der Waals surface area contributed by atoms with Crippen molar-refractivity contribution in [3.8, 4) is 0 Å². The van der Waals surface area contributed by atoms with Crippen LogP contribution in [0.2, 0.25) is 0 Å². The van der Waals surface area contributed by atoms with Crippen LogP contribution in [0.15, 0.2) is 42.1 Å². The number of anilines is 1. The molecular weight excluding hydrogens is 523 g/mol. The van der Waals surface area contributed by atoms with Gasteiger partial charge in [0.25, 0.3) is 5.91 Å². The Labute approximate surface area is 242 Å². The van der Waals surface area contributed by atoms with Gasteiger partial charge < -0.3 is 29.9 Å². The fourth-order valence-electron chi connectivity index (χ4n) is 8.62. The Hall–Kier alpha value is -2.49. The first kappa shape index (κ1) is 27.3. The molecule has 0 aromatic heterocycles. The molecule has 1 aromatic rings. The van der Waals surface area contributed by atoms with Crippen molar-refractivity contribution in [3.05, 3.63) is 42.1 Å². The molecule has 5 fully saturated rings. The Morgan fingerprint density at radius 3 is 2.54 bits per heavy atom. The number of nitrogens with zero attached hydrogens (tertiary/aromatic N) is 2. The summed E-state index contributed by atoms with van der Waals surface area (Å²) >= 11 is 0. The number of amides is 1. The normalized spacial score (nSPS) is 38.3. The number of benzene rings is 1. The number of fused-ring (bicyclic) bond motifs is 3. The summed E-state index contributed by atoms with van der Waals surface area (Å²) in [6.07, 6.45) is 7.31. The molecule has 2 N–H and O–H groups in total. The summed E-state index contributed by atoms with van der Waals surface area (Å²) in [4.78, 5) is 31.6. The van der Waals surface area contributed by atoms with Crippen LogP contribution >= 0.6 is 0 Å². The van der Waals surface area contributed by atoms with E-state index in [0.29, 0.717) is 51.2 Å². The Bertz CT molecular complexity index is 1140. The number of alkyl halides is 1. The Morgan fingerprint density at radius 2 is 1.76 bits per heavy atom. The van der Waals surface area contributed by atoms with Crippen molar-refractivity contribution in [2.24, 2.45) is 17.8 Å². The fourth-order valence-corrected chi connectivity index (χ4v) is 8.62. The van der Waals surface area contributed by atoms with Gasteiger partial charge in [0.05, 0.1) is 49.1 Å². The molecule has 2 saturated heterocycles. The summed E-state index contributed by atoms with van der Waals surface area (Å²) < 4.78 is 28.4. The molecule has 3 heterocycles. The van der Waals surface area contributed by atoms with E-state index in [2.05, 4.69) is 15.5 Å². The highest BCUT2D eigenvalue weighted by Crippen LogP contribution is 2.50. The lowest BCUT2D eigenvalue weighted by Gasteiger charge is -2.61. The molecule has 6 aliphatic rings. The van der Waals surface area contributed by atoms with Gasteiger partial charge in [-0.05, 0) is 43.2 Å². The van der Waals surface area contributed by atoms with Crippen molar-refractivity contribution in [1.82, 2.24) is 15.1 Å². The van der Waals surface area contributed by atoms with Gasteiger partial charge in [0.2, 0.25) is 0 Å². The molecule has 3 aliphatic heterocycles. The second-order valence-corrected chi connectivity index (χ2v) is 12.9. The van der Waals surface area contributed by atoms with Gasteiger partial charge in [0.1, 0.15) is 6.17 Å². The minimum Gasteiger partial charge on any atom is -0.384 e. The summed E-state index contributed by atoms with van der Waals surface area (Å²) in [6, 6.07) is 9.36. The first-order valence-electron chi connectivity index (χ1n) is 15.8. The predicted octanol–water partition coefficient (Wildman–Crippen LogP) is 3.15. The molecule has 3 aliphatic carbocycles. The van der Waals surface area contributed by atoms with Crippen molar-refractivity contribution in [2.75, 3.05) is 44.7 Å². The Balaban J connectivity index is 1.15. The first-order chi connectivity index (χ1) is 20.1. The quantitative estimate of drug-likeness (QED) is 0.405. The van der Waals surface area contributed by atoms with Crippen LogP contribution in [0.4, 0.5) is 10.1 Å². The van der Waals surface area contributed by atoms with Crippen LogP contribution in [0.25, 0.3) is 0 Å². The van der Waals surface area contributed by atoms with Crippen LogP contribution in [0.1, 0.15) is 44.9 Å². The second kappa shape index (κ2) is 11.7. The number of carbonyl (C=O) groups excluding carboxylic acids is 2. The van der Waals surface area contributed by atoms with Crippen molar-refractivity contribution < 1.29 is 23.5 Å². The number of morpholine rings is 2. The van der Waals surface area contributed by atoms with E-state index in [1.165, 1.54) is 25.7 Å². The van der Waals surface area contributed by atoms with E-state index >= 15 is 4.39 Å². The largest absolute Gasteiger partial charge is 0.384 e. The van der Waals surface area contributed by atoms with Crippen LogP contribution in [-0.4, -0.2) is 97.4 Å². The second-order valence-electron chi connectivity index (χ2n) is 12.9. The number of hydrogen-bond donors (Lipinski definition) is 2. The molecule has 0 spiro atoms. The molecule has 3 saturated carbocycles. The fraction of sp³-hybridized carbons (Fsp3) is 0.688. The summed E-state index contributed by atoms with van der Waals surface area (Å²) in [5, 5.41) is 6.87. The molecule has 0 radical (unpaired) electrons. The Kier molecular flexibility index (Phi) is 7.77. The van der Waals surface area contributed by atoms with Crippen LogP contribution < -0.4 is 10.6 Å². The first-order valence-corrected chi connectivity index (χ1v) is 15.8. The van der Waals surface area contributed by atoms with Crippen LogP contribution in [0.3, 0.4) is 0 Å². The number of para-hydroxylation sites is 1. The topological polar surface area (TPSA) is 83.1 Å². The Morgan fingerprint density at radius 1 is 1.00 bits per heavy atom. The van der Waals surface area contributed by atoms with Crippen LogP contribution in [0, 0.1) is 17.8 Å². The SMILES string of the molecule is O=C1C(C(=O)N2CCOCC2)=CN2C3CC4CCCCC4CC3OC3C(NCCNc4ccccc4)C(F)CC1C32. The number of ketones is 1. The third-order valence-electron chi connectivity index (χ3n) is 10.6. The van der Waals surface area contributed by atoms with Gasteiger partial charge in [0.15, 0.2) is 5.78 Å². The molecule has 1 aromatic carbocycles. The molecule has 1 amide bonds. The van der Waals surface area contributed by atoms with E-state index in [-0.39, 0.29) is 41.9 Å². The number of hydrogen-bond acceptors (Lipinski definition) is 7. The zero-order chi connectivity index (χ0) is 27.9. The van der Waals surface area contributed by atoms with Gasteiger partial charge in [-0.15, -0.1) is 0 Å². The van der Waals surface area contributed by atoms with Crippen LogP contribution in [0.5, 0.6) is 0 Å². The van der Waals surface area contributed by atoms with E-state index in [4.69, 9.17) is 9.47 Å². The third-order valence-corrected chi connectivity index (χ3v) is 10.6. The minimum absolute atomic E-state index is 0.0162. The standard InChI is InChI=1S/C32H43FN4O4/c33-25-18-23-29-31(28(25)35-11-10-34-22-8-2-1-3-9-22)41-27-17-21-7-5-4-6-20(21)16-26(27)37(29)19-24(30(23)38)32(39)36-12-14-40-15-13-36/h1-3,8-9,19-21,23,25-29,31,34-35H,4-7,10-18H2. The highest BCUT2D eigenvalue weighted by molar-refractivity contribution is 6.20. The molecule has 222 valence electrons. The van der Waals surface area contributed by atoms with Crippen molar-refractivity contribution in [1.29, 1.82) is 0 Å². The van der Waals surface area contributed by atoms with Gasteiger partial charge >= 0.3 is 0 Å². The monoisotopic (exact) mass is 566 g/mol. The maximum atomic E-state index is 16.0. The molecule has 9 atom stereocenters. The van der Waals surface area contributed by atoms with Crippen LogP contribution in [-0.2, 0) is 19.1 Å². The highest BCUT2D eigenvalue weighted by Gasteiger charge is 2.59. The maximum absolute atomic E-state index is 16.0. The smallest absolute Gasteiger partial charge is 0.259 e. The van der Waals surface area contributed by atoms with Gasteiger partial charge in [-0.2, -0.15) is 0 Å². The van der Waals surface area contributed by atoms with E-state index in [9.17, 15) is 9.59 Å². The number of nitrogens with one attached hydrogen (secondary N) is 2. The number of halogens is 1. The van der Waals surface area contributed by atoms with Crippen molar-refractivity contribution >= 4 is 17.4 Å². The van der Waals surface area contributed by atoms with E-state index in [1.54, 1.807) is 4.90 Å². The predicted molar refractivity (Wildman–Crippen MR) is 153 cm³/mol. The van der Waals surface area contributed by atoms with Gasteiger partial charge in [-0.1, -0.05) is 43.9 Å². The zero-order valence-electron chi connectivity index (χ0n) is 23.8. The molecule has 9 unspecified atom stereocenters. The van der Waals surface area contributed by atoms with Gasteiger partial charge in [0, 0.05) is 44.0 Å². The number of carbonyl (C=O) groups is 2. The molecule has 9 heteroatoms. The third kappa shape index (κ3) is 5.19.